The second-order valence-electron chi connectivity index (χ2n) is 5.36. The van der Waals surface area contributed by atoms with E-state index in [0.717, 1.165) is 32.2 Å². The molecule has 3 N–H and O–H groups in total. The van der Waals surface area contributed by atoms with Gasteiger partial charge < -0.3 is 15.8 Å². The molecular formula is C14H28N2O2. The van der Waals surface area contributed by atoms with Gasteiger partial charge in [-0.15, -0.1) is 0 Å². The van der Waals surface area contributed by atoms with Gasteiger partial charge in [0.15, 0.2) is 0 Å². The number of rotatable bonds is 9. The SMILES string of the molecule is CCCC(CCN)CCC(=O)NC1CC(OC)C1. The zero-order chi connectivity index (χ0) is 13.4. The van der Waals surface area contributed by atoms with Gasteiger partial charge in [0.1, 0.15) is 0 Å². The molecule has 4 heteroatoms. The number of hydrogen-bond acceptors (Lipinski definition) is 3. The molecule has 18 heavy (non-hydrogen) atoms. The number of carbonyl (C=O) groups is 1. The summed E-state index contributed by atoms with van der Waals surface area (Å²) < 4.78 is 5.19. The quantitative estimate of drug-likeness (QED) is 0.661. The van der Waals surface area contributed by atoms with Crippen molar-refractivity contribution in [2.75, 3.05) is 13.7 Å². The largest absolute Gasteiger partial charge is 0.381 e. The Hall–Kier alpha value is -0.610. The van der Waals surface area contributed by atoms with E-state index in [1.165, 1.54) is 12.8 Å². The summed E-state index contributed by atoms with van der Waals surface area (Å²) in [7, 11) is 1.73. The summed E-state index contributed by atoms with van der Waals surface area (Å²) in [4.78, 5) is 11.8. The predicted molar refractivity (Wildman–Crippen MR) is 73.3 cm³/mol. The number of methoxy groups -OCH3 is 1. The number of nitrogens with two attached hydrogens (primary N) is 1. The Morgan fingerprint density at radius 1 is 1.39 bits per heavy atom. The minimum Gasteiger partial charge on any atom is -0.381 e. The van der Waals surface area contributed by atoms with Gasteiger partial charge in [-0.3, -0.25) is 4.79 Å². The van der Waals surface area contributed by atoms with Crippen LogP contribution in [0.2, 0.25) is 0 Å². The van der Waals surface area contributed by atoms with E-state index in [0.29, 0.717) is 24.5 Å². The van der Waals surface area contributed by atoms with E-state index in [9.17, 15) is 4.79 Å². The summed E-state index contributed by atoms with van der Waals surface area (Å²) in [6, 6.07) is 0.335. The highest BCUT2D eigenvalue weighted by atomic mass is 16.5. The van der Waals surface area contributed by atoms with Gasteiger partial charge in [0, 0.05) is 19.6 Å². The van der Waals surface area contributed by atoms with Crippen molar-refractivity contribution in [2.45, 2.75) is 64.0 Å². The lowest BCUT2D eigenvalue weighted by Gasteiger charge is -2.34. The molecule has 1 atom stereocenters. The number of amides is 1. The van der Waals surface area contributed by atoms with Crippen LogP contribution in [-0.4, -0.2) is 31.7 Å². The zero-order valence-corrected chi connectivity index (χ0v) is 11.8. The van der Waals surface area contributed by atoms with Crippen LogP contribution < -0.4 is 11.1 Å². The van der Waals surface area contributed by atoms with Gasteiger partial charge in [-0.2, -0.15) is 0 Å². The van der Waals surface area contributed by atoms with E-state index in [4.69, 9.17) is 10.5 Å². The first-order valence-corrected chi connectivity index (χ1v) is 7.21. The molecule has 1 saturated carbocycles. The van der Waals surface area contributed by atoms with Gasteiger partial charge in [-0.1, -0.05) is 19.8 Å². The van der Waals surface area contributed by atoms with Crippen LogP contribution in [0, 0.1) is 5.92 Å². The second-order valence-corrected chi connectivity index (χ2v) is 5.36. The lowest BCUT2D eigenvalue weighted by molar-refractivity contribution is -0.123. The first-order valence-electron chi connectivity index (χ1n) is 7.21. The summed E-state index contributed by atoms with van der Waals surface area (Å²) in [5.74, 6) is 0.798. The number of hydrogen-bond donors (Lipinski definition) is 2. The van der Waals surface area contributed by atoms with E-state index >= 15 is 0 Å². The Balaban J connectivity index is 2.11. The van der Waals surface area contributed by atoms with E-state index in [1.54, 1.807) is 7.11 Å². The predicted octanol–water partition coefficient (Wildman–Crippen LogP) is 1.83. The molecular weight excluding hydrogens is 228 g/mol. The summed E-state index contributed by atoms with van der Waals surface area (Å²) in [6.45, 7) is 2.91. The number of carbonyl (C=O) groups excluding carboxylic acids is 1. The minimum atomic E-state index is 0.188. The van der Waals surface area contributed by atoms with Gasteiger partial charge in [0.2, 0.25) is 5.91 Å². The molecule has 1 unspecified atom stereocenters. The first-order chi connectivity index (χ1) is 8.69. The van der Waals surface area contributed by atoms with Crippen LogP contribution in [0.4, 0.5) is 0 Å². The van der Waals surface area contributed by atoms with Gasteiger partial charge in [-0.25, -0.2) is 0 Å². The Morgan fingerprint density at radius 3 is 2.67 bits per heavy atom. The van der Waals surface area contributed by atoms with Gasteiger partial charge in [0.05, 0.1) is 6.10 Å². The van der Waals surface area contributed by atoms with Crippen molar-refractivity contribution in [2.24, 2.45) is 11.7 Å². The van der Waals surface area contributed by atoms with E-state index in [-0.39, 0.29) is 5.91 Å². The molecule has 1 aliphatic carbocycles. The van der Waals surface area contributed by atoms with Crippen molar-refractivity contribution < 1.29 is 9.53 Å². The first kappa shape index (κ1) is 15.4. The monoisotopic (exact) mass is 256 g/mol. The maximum Gasteiger partial charge on any atom is 0.220 e. The van der Waals surface area contributed by atoms with Crippen molar-refractivity contribution in [3.05, 3.63) is 0 Å². The highest BCUT2D eigenvalue weighted by Crippen LogP contribution is 2.23. The highest BCUT2D eigenvalue weighted by molar-refractivity contribution is 5.76. The standard InChI is InChI=1S/C14H28N2O2/c1-3-4-11(7-8-15)5-6-14(17)16-12-9-13(10-12)18-2/h11-13H,3-10,15H2,1-2H3,(H,16,17). The summed E-state index contributed by atoms with van der Waals surface area (Å²) in [5, 5.41) is 3.07. The summed E-state index contributed by atoms with van der Waals surface area (Å²) >= 11 is 0. The molecule has 4 nitrogen and oxygen atoms in total. The molecule has 0 aromatic carbocycles. The van der Waals surface area contributed by atoms with Crippen LogP contribution in [0.1, 0.15) is 51.9 Å². The third-order valence-electron chi connectivity index (χ3n) is 3.84. The summed E-state index contributed by atoms with van der Waals surface area (Å²) in [5.41, 5.74) is 5.59. The molecule has 0 heterocycles. The van der Waals surface area contributed by atoms with Crippen LogP contribution in [0.15, 0.2) is 0 Å². The van der Waals surface area contributed by atoms with E-state index < -0.39 is 0 Å². The number of ether oxygens (including phenoxy) is 1. The smallest absolute Gasteiger partial charge is 0.220 e. The Labute approximate surface area is 111 Å². The lowest BCUT2D eigenvalue weighted by Crippen LogP contribution is -2.47. The molecule has 0 bridgehead atoms. The van der Waals surface area contributed by atoms with E-state index in [2.05, 4.69) is 12.2 Å². The highest BCUT2D eigenvalue weighted by Gasteiger charge is 2.29. The van der Waals surface area contributed by atoms with Gasteiger partial charge in [-0.05, 0) is 38.1 Å². The van der Waals surface area contributed by atoms with Crippen LogP contribution in [0.5, 0.6) is 0 Å². The fourth-order valence-electron chi connectivity index (χ4n) is 2.59. The van der Waals surface area contributed by atoms with Crippen LogP contribution >= 0.6 is 0 Å². The normalized spacial score (nSPS) is 24.4. The lowest BCUT2D eigenvalue weighted by atomic mass is 9.89. The van der Waals surface area contributed by atoms with Crippen molar-refractivity contribution >= 4 is 5.91 Å². The molecule has 0 aromatic heterocycles. The molecule has 0 saturated heterocycles. The molecule has 1 amide bonds. The number of nitrogens with one attached hydrogen (secondary N) is 1. The molecule has 0 aromatic rings. The van der Waals surface area contributed by atoms with Crippen molar-refractivity contribution in [3.8, 4) is 0 Å². The van der Waals surface area contributed by atoms with Crippen LogP contribution in [0.25, 0.3) is 0 Å². The van der Waals surface area contributed by atoms with Crippen LogP contribution in [-0.2, 0) is 9.53 Å². The molecule has 0 radical (unpaired) electrons. The van der Waals surface area contributed by atoms with Crippen molar-refractivity contribution in [3.63, 3.8) is 0 Å². The Bertz CT molecular complexity index is 234. The third kappa shape index (κ3) is 5.36. The zero-order valence-electron chi connectivity index (χ0n) is 11.8. The average Bonchev–Trinajstić information content (AvgIpc) is 2.30. The van der Waals surface area contributed by atoms with Crippen LogP contribution in [0.3, 0.4) is 0 Å². The molecule has 106 valence electrons. The summed E-state index contributed by atoms with van der Waals surface area (Å²) in [6.07, 6.45) is 7.27. The molecule has 1 aliphatic rings. The van der Waals surface area contributed by atoms with Crippen molar-refractivity contribution in [1.82, 2.24) is 5.32 Å². The maximum absolute atomic E-state index is 11.8. The third-order valence-corrected chi connectivity index (χ3v) is 3.84. The van der Waals surface area contributed by atoms with Gasteiger partial charge >= 0.3 is 0 Å². The van der Waals surface area contributed by atoms with E-state index in [1.807, 2.05) is 0 Å². The molecule has 0 spiro atoms. The fraction of sp³-hybridized carbons (Fsp3) is 0.929. The maximum atomic E-state index is 11.8. The molecule has 0 aliphatic heterocycles. The minimum absolute atomic E-state index is 0.188. The van der Waals surface area contributed by atoms with Crippen molar-refractivity contribution in [1.29, 1.82) is 0 Å². The van der Waals surface area contributed by atoms with Gasteiger partial charge in [0.25, 0.3) is 0 Å². The topological polar surface area (TPSA) is 64.4 Å². The second kappa shape index (κ2) is 8.48. The fourth-order valence-corrected chi connectivity index (χ4v) is 2.59. The average molecular weight is 256 g/mol. The Morgan fingerprint density at radius 2 is 2.11 bits per heavy atom. The molecule has 1 rings (SSSR count). The Kier molecular flexibility index (Phi) is 7.28. The molecule has 1 fully saturated rings.